The molecule has 3 aromatic rings. The lowest BCUT2D eigenvalue weighted by molar-refractivity contribution is 0.158. The number of allylic oxidation sites excluding steroid dienone is 1. The Hall–Kier alpha value is -3.65. The van der Waals surface area contributed by atoms with E-state index in [1.807, 2.05) is 61.5 Å². The fraction of sp³-hybridized carbons (Fsp3) is 0.261. The fourth-order valence-electron chi connectivity index (χ4n) is 3.60. The first-order valence-corrected chi connectivity index (χ1v) is 9.93. The molecule has 0 fully saturated rings. The molecule has 31 heavy (non-hydrogen) atoms. The SMILES string of the molecule is COCCN1C(=O)NC(c2ccccc2)C(c2nc(-c3ccc(OC)cc3)no2)=C1C. The van der Waals surface area contributed by atoms with Gasteiger partial charge < -0.3 is 19.3 Å². The highest BCUT2D eigenvalue weighted by molar-refractivity contribution is 5.86. The number of ether oxygens (including phenoxy) is 2. The van der Waals surface area contributed by atoms with E-state index in [0.717, 1.165) is 28.1 Å². The quantitative estimate of drug-likeness (QED) is 0.624. The van der Waals surface area contributed by atoms with Gasteiger partial charge in [0.25, 0.3) is 5.89 Å². The number of nitrogens with zero attached hydrogens (tertiary/aromatic N) is 3. The molecule has 8 heteroatoms. The van der Waals surface area contributed by atoms with E-state index in [-0.39, 0.29) is 6.03 Å². The highest BCUT2D eigenvalue weighted by atomic mass is 16.5. The largest absolute Gasteiger partial charge is 0.497 e. The Kier molecular flexibility index (Phi) is 5.99. The van der Waals surface area contributed by atoms with Gasteiger partial charge in [-0.1, -0.05) is 35.5 Å². The molecular weight excluding hydrogens is 396 g/mol. The van der Waals surface area contributed by atoms with Crippen LogP contribution in [0.3, 0.4) is 0 Å². The average Bonchev–Trinajstić information content (AvgIpc) is 3.29. The van der Waals surface area contributed by atoms with E-state index < -0.39 is 6.04 Å². The summed E-state index contributed by atoms with van der Waals surface area (Å²) in [6.45, 7) is 2.71. The Morgan fingerprint density at radius 3 is 2.52 bits per heavy atom. The molecule has 1 aliphatic heterocycles. The number of carbonyl (C=O) groups excluding carboxylic acids is 1. The second kappa shape index (κ2) is 9.01. The van der Waals surface area contributed by atoms with Crippen LogP contribution in [0, 0.1) is 0 Å². The molecule has 1 aliphatic rings. The van der Waals surface area contributed by atoms with Crippen LogP contribution in [0.1, 0.15) is 24.4 Å². The van der Waals surface area contributed by atoms with Crippen LogP contribution in [0.15, 0.2) is 64.8 Å². The summed E-state index contributed by atoms with van der Waals surface area (Å²) in [7, 11) is 3.22. The van der Waals surface area contributed by atoms with Gasteiger partial charge in [-0.3, -0.25) is 4.90 Å². The van der Waals surface area contributed by atoms with Crippen LogP contribution in [-0.2, 0) is 4.74 Å². The van der Waals surface area contributed by atoms with Crippen molar-refractivity contribution in [2.24, 2.45) is 0 Å². The van der Waals surface area contributed by atoms with Crippen LogP contribution in [0.5, 0.6) is 5.75 Å². The van der Waals surface area contributed by atoms with E-state index in [2.05, 4.69) is 15.5 Å². The Morgan fingerprint density at radius 2 is 1.84 bits per heavy atom. The minimum absolute atomic E-state index is 0.193. The van der Waals surface area contributed by atoms with Crippen molar-refractivity contribution in [3.63, 3.8) is 0 Å². The molecule has 1 atom stereocenters. The van der Waals surface area contributed by atoms with Gasteiger partial charge in [-0.15, -0.1) is 0 Å². The third-order valence-electron chi connectivity index (χ3n) is 5.25. The zero-order valence-electron chi connectivity index (χ0n) is 17.7. The van der Waals surface area contributed by atoms with E-state index in [4.69, 9.17) is 14.0 Å². The van der Waals surface area contributed by atoms with E-state index >= 15 is 0 Å². The van der Waals surface area contributed by atoms with E-state index in [1.54, 1.807) is 19.1 Å². The lowest BCUT2D eigenvalue weighted by Crippen LogP contribution is -2.47. The number of urea groups is 1. The van der Waals surface area contributed by atoms with Crippen molar-refractivity contribution in [3.05, 3.63) is 71.7 Å². The Balaban J connectivity index is 1.76. The van der Waals surface area contributed by atoms with Crippen molar-refractivity contribution in [1.82, 2.24) is 20.4 Å². The molecule has 2 aromatic carbocycles. The maximum Gasteiger partial charge on any atom is 0.322 e. The third kappa shape index (κ3) is 4.15. The molecule has 2 amide bonds. The Morgan fingerprint density at radius 1 is 1.10 bits per heavy atom. The van der Waals surface area contributed by atoms with Gasteiger partial charge in [-0.2, -0.15) is 4.98 Å². The highest BCUT2D eigenvalue weighted by Crippen LogP contribution is 2.37. The summed E-state index contributed by atoms with van der Waals surface area (Å²) >= 11 is 0. The lowest BCUT2D eigenvalue weighted by atomic mass is 9.95. The third-order valence-corrected chi connectivity index (χ3v) is 5.25. The van der Waals surface area contributed by atoms with Gasteiger partial charge in [0.05, 0.1) is 31.9 Å². The molecule has 1 aromatic heterocycles. The molecule has 8 nitrogen and oxygen atoms in total. The summed E-state index contributed by atoms with van der Waals surface area (Å²) in [6, 6.07) is 16.6. The normalized spacial score (nSPS) is 16.4. The standard InChI is InChI=1S/C23H24N4O4/c1-15-19(22-25-21(26-31-22)17-9-11-18(30-3)12-10-17)20(16-7-5-4-6-8-16)24-23(28)27(15)13-14-29-2/h4-12,20H,13-14H2,1-3H3,(H,24,28). The molecule has 0 bridgehead atoms. The number of benzene rings is 2. The molecule has 0 radical (unpaired) electrons. The summed E-state index contributed by atoms with van der Waals surface area (Å²) in [5.74, 6) is 1.57. The molecule has 0 saturated carbocycles. The van der Waals surface area contributed by atoms with Gasteiger partial charge in [-0.25, -0.2) is 4.79 Å². The monoisotopic (exact) mass is 420 g/mol. The molecule has 1 N–H and O–H groups in total. The lowest BCUT2D eigenvalue weighted by Gasteiger charge is -2.35. The first kappa shape index (κ1) is 20.6. The highest BCUT2D eigenvalue weighted by Gasteiger charge is 2.35. The van der Waals surface area contributed by atoms with Crippen LogP contribution in [0.2, 0.25) is 0 Å². The van der Waals surface area contributed by atoms with Crippen molar-refractivity contribution >= 4 is 11.6 Å². The number of hydrogen-bond donors (Lipinski definition) is 1. The predicted octanol–water partition coefficient (Wildman–Crippen LogP) is 3.89. The van der Waals surface area contributed by atoms with Gasteiger partial charge in [0.15, 0.2) is 0 Å². The Bertz CT molecular complexity index is 1080. The molecule has 160 valence electrons. The topological polar surface area (TPSA) is 89.7 Å². The predicted molar refractivity (Wildman–Crippen MR) is 115 cm³/mol. The van der Waals surface area contributed by atoms with Gasteiger partial charge in [0.2, 0.25) is 5.82 Å². The van der Waals surface area contributed by atoms with Crippen molar-refractivity contribution in [3.8, 4) is 17.1 Å². The van der Waals surface area contributed by atoms with Crippen LogP contribution in [-0.4, -0.2) is 48.4 Å². The molecular formula is C23H24N4O4. The van der Waals surface area contributed by atoms with E-state index in [9.17, 15) is 4.79 Å². The number of rotatable bonds is 7. The van der Waals surface area contributed by atoms with Gasteiger partial charge in [-0.05, 0) is 36.8 Å². The van der Waals surface area contributed by atoms with E-state index in [1.165, 1.54) is 0 Å². The molecule has 1 unspecified atom stereocenters. The van der Waals surface area contributed by atoms with Gasteiger partial charge in [0, 0.05) is 18.4 Å². The summed E-state index contributed by atoms with van der Waals surface area (Å²) in [5.41, 5.74) is 3.25. The minimum Gasteiger partial charge on any atom is -0.497 e. The maximum absolute atomic E-state index is 12.8. The second-order valence-electron chi connectivity index (χ2n) is 7.09. The maximum atomic E-state index is 12.8. The van der Waals surface area contributed by atoms with Crippen molar-refractivity contribution in [2.45, 2.75) is 13.0 Å². The number of amides is 2. The molecule has 4 rings (SSSR count). The van der Waals surface area contributed by atoms with Crippen molar-refractivity contribution in [2.75, 3.05) is 27.4 Å². The smallest absolute Gasteiger partial charge is 0.322 e. The summed E-state index contributed by atoms with van der Waals surface area (Å²) < 4.78 is 16.0. The summed E-state index contributed by atoms with van der Waals surface area (Å²) in [5, 5.41) is 7.23. The first-order chi connectivity index (χ1) is 15.1. The minimum atomic E-state index is -0.406. The van der Waals surface area contributed by atoms with Crippen LogP contribution >= 0.6 is 0 Å². The van der Waals surface area contributed by atoms with Gasteiger partial charge in [0.1, 0.15) is 5.75 Å². The van der Waals surface area contributed by atoms with Crippen molar-refractivity contribution < 1.29 is 18.8 Å². The average molecular weight is 420 g/mol. The summed E-state index contributed by atoms with van der Waals surface area (Å²) in [4.78, 5) is 19.1. The summed E-state index contributed by atoms with van der Waals surface area (Å²) in [6.07, 6.45) is 0. The molecule has 0 spiro atoms. The number of hydrogen-bond acceptors (Lipinski definition) is 6. The Labute approximate surface area is 180 Å². The van der Waals surface area contributed by atoms with E-state index in [0.29, 0.717) is 24.9 Å². The van der Waals surface area contributed by atoms with Gasteiger partial charge >= 0.3 is 6.03 Å². The number of nitrogens with one attached hydrogen (secondary N) is 1. The molecule has 0 saturated heterocycles. The number of carbonyl (C=O) groups is 1. The fourth-order valence-corrected chi connectivity index (χ4v) is 3.60. The van der Waals surface area contributed by atoms with Crippen molar-refractivity contribution in [1.29, 1.82) is 0 Å². The molecule has 2 heterocycles. The van der Waals surface area contributed by atoms with Crippen LogP contribution in [0.25, 0.3) is 17.0 Å². The zero-order valence-corrected chi connectivity index (χ0v) is 17.7. The van der Waals surface area contributed by atoms with Crippen LogP contribution < -0.4 is 10.1 Å². The first-order valence-electron chi connectivity index (χ1n) is 9.93. The second-order valence-corrected chi connectivity index (χ2v) is 7.09. The number of methoxy groups -OCH3 is 2. The zero-order chi connectivity index (χ0) is 21.8. The molecule has 0 aliphatic carbocycles. The van der Waals surface area contributed by atoms with Crippen LogP contribution in [0.4, 0.5) is 4.79 Å². The number of aromatic nitrogens is 2.